The van der Waals surface area contributed by atoms with E-state index in [0.29, 0.717) is 27.2 Å². The minimum Gasteiger partial charge on any atom is -0.360 e. The minimum atomic E-state index is -2.59. The summed E-state index contributed by atoms with van der Waals surface area (Å²) in [6, 6.07) is 10.4. The number of anilines is 1. The summed E-state index contributed by atoms with van der Waals surface area (Å²) in [5, 5.41) is 7.02. The first kappa shape index (κ1) is 22.3. The molecule has 0 fully saturated rings. The van der Waals surface area contributed by atoms with E-state index in [1.165, 1.54) is 0 Å². The molecule has 0 bridgehead atoms. The molecule has 2 atom stereocenters. The van der Waals surface area contributed by atoms with Crippen molar-refractivity contribution in [1.82, 2.24) is 5.32 Å². The van der Waals surface area contributed by atoms with Crippen molar-refractivity contribution in [2.45, 2.75) is 26.8 Å². The second-order valence-corrected chi connectivity index (χ2v) is 8.93. The normalized spacial score (nSPS) is 12.2. The Bertz CT molecular complexity index is 961. The van der Waals surface area contributed by atoms with Gasteiger partial charge < -0.3 is 10.6 Å². The largest absolute Gasteiger partial charge is 0.546 e. The summed E-state index contributed by atoms with van der Waals surface area (Å²) in [6.45, 7) is 5.75. The molecule has 0 spiro atoms. The van der Waals surface area contributed by atoms with Gasteiger partial charge in [-0.25, -0.2) is 0 Å². The van der Waals surface area contributed by atoms with E-state index >= 15 is 0 Å². The zero-order valence-electron chi connectivity index (χ0n) is 15.7. The first-order valence-corrected chi connectivity index (χ1v) is 11.3. The third kappa shape index (κ3) is 6.26. The lowest BCUT2D eigenvalue weighted by atomic mass is 10.1. The highest BCUT2D eigenvalue weighted by molar-refractivity contribution is 7.80. The van der Waals surface area contributed by atoms with Gasteiger partial charge in [-0.1, -0.05) is 12.1 Å². The van der Waals surface area contributed by atoms with E-state index in [1.54, 1.807) is 42.5 Å². The quantitative estimate of drug-likeness (QED) is 0.312. The van der Waals surface area contributed by atoms with Crippen LogP contribution in [0, 0.1) is 6.92 Å². The van der Waals surface area contributed by atoms with E-state index in [2.05, 4.69) is 10.6 Å². The van der Waals surface area contributed by atoms with E-state index in [-0.39, 0.29) is 11.3 Å². The molecule has 0 heterocycles. The van der Waals surface area contributed by atoms with Crippen LogP contribution >= 0.6 is 28.3 Å². The lowest BCUT2D eigenvalue weighted by Crippen LogP contribution is -2.34. The fraction of sp³-hybridized carbons (Fsp3) is 0.211. The number of aryl methyl sites for hydroxylation is 1. The van der Waals surface area contributed by atoms with Crippen LogP contribution in [-0.2, 0) is 9.13 Å². The number of thiocarbonyl (C=S) groups is 1. The van der Waals surface area contributed by atoms with E-state index in [1.807, 2.05) is 26.8 Å². The maximum absolute atomic E-state index is 11.8. The Morgan fingerprint density at radius 1 is 1.00 bits per heavy atom. The molecule has 0 aromatic heterocycles. The fourth-order valence-corrected chi connectivity index (χ4v) is 4.15. The molecular weight excluding hydrogens is 414 g/mol. The van der Waals surface area contributed by atoms with Crippen LogP contribution in [0.4, 0.5) is 5.69 Å². The Labute approximate surface area is 171 Å². The molecule has 2 unspecified atom stereocenters. The third-order valence-corrected chi connectivity index (χ3v) is 5.57. The van der Waals surface area contributed by atoms with Crippen LogP contribution in [0.2, 0.25) is 0 Å². The molecule has 0 amide bonds. The van der Waals surface area contributed by atoms with Crippen LogP contribution in [0.15, 0.2) is 36.4 Å². The van der Waals surface area contributed by atoms with Gasteiger partial charge in [0.05, 0.1) is 0 Å². The molecular formula is C19H22N2O4P2S+2. The summed E-state index contributed by atoms with van der Waals surface area (Å²) in [7, 11) is -5.09. The number of rotatable bonds is 6. The molecule has 0 aliphatic carbocycles. The van der Waals surface area contributed by atoms with E-state index < -0.39 is 16.1 Å². The van der Waals surface area contributed by atoms with Crippen LogP contribution in [0.3, 0.4) is 0 Å². The maximum atomic E-state index is 11.8. The standard InChI is InChI=1S/C19H20N2O4P2S/c1-12(2)20-19(28)21-16-9-8-15(18(11-16)27(24)25)7-6-14-5-4-13(3)10-17(14)26(22)23/h4-12H,1-3H3,(H2-2,20,21,22,23,24,25,28)/p+2. The summed E-state index contributed by atoms with van der Waals surface area (Å²) in [5.74, 6) is 0. The number of hydrogen-bond acceptors (Lipinski definition) is 3. The van der Waals surface area contributed by atoms with Gasteiger partial charge >= 0.3 is 16.1 Å². The van der Waals surface area contributed by atoms with E-state index in [0.717, 1.165) is 5.56 Å². The van der Waals surface area contributed by atoms with E-state index in [9.17, 15) is 18.9 Å². The molecule has 0 radical (unpaired) electrons. The average molecular weight is 436 g/mol. The van der Waals surface area contributed by atoms with Crippen molar-refractivity contribution in [3.8, 4) is 0 Å². The van der Waals surface area contributed by atoms with E-state index in [4.69, 9.17) is 12.2 Å². The summed E-state index contributed by atoms with van der Waals surface area (Å²) in [6.07, 6.45) is 3.31. The smallest absolute Gasteiger partial charge is 0.360 e. The monoisotopic (exact) mass is 436 g/mol. The summed E-state index contributed by atoms with van der Waals surface area (Å²) >= 11 is 5.20. The molecule has 2 rings (SSSR count). The first-order valence-electron chi connectivity index (χ1n) is 8.50. The predicted octanol–water partition coefficient (Wildman–Crippen LogP) is 3.58. The number of nitrogens with one attached hydrogen (secondary N) is 2. The second kappa shape index (κ2) is 9.97. The lowest BCUT2D eigenvalue weighted by Gasteiger charge is -2.13. The van der Waals surface area contributed by atoms with Gasteiger partial charge in [-0.2, -0.15) is 9.79 Å². The van der Waals surface area contributed by atoms with Crippen molar-refractivity contribution in [2.24, 2.45) is 0 Å². The van der Waals surface area contributed by atoms with Gasteiger partial charge in [0.15, 0.2) is 5.11 Å². The van der Waals surface area contributed by atoms with Gasteiger partial charge in [-0.3, -0.25) is 0 Å². The number of benzene rings is 2. The molecule has 146 valence electrons. The Kier molecular flexibility index (Phi) is 7.93. The Morgan fingerprint density at radius 2 is 1.54 bits per heavy atom. The summed E-state index contributed by atoms with van der Waals surface area (Å²) < 4.78 is 23.4. The summed E-state index contributed by atoms with van der Waals surface area (Å²) in [4.78, 5) is 19.2. The lowest BCUT2D eigenvalue weighted by molar-refractivity contribution is 0.512. The third-order valence-electron chi connectivity index (χ3n) is 3.75. The fourth-order valence-electron chi connectivity index (χ4n) is 2.50. The van der Waals surface area contributed by atoms with Gasteiger partial charge in [0, 0.05) is 28.9 Å². The predicted molar refractivity (Wildman–Crippen MR) is 120 cm³/mol. The van der Waals surface area contributed by atoms with Crippen molar-refractivity contribution >= 4 is 61.8 Å². The minimum absolute atomic E-state index is 0.165. The average Bonchev–Trinajstić information content (AvgIpc) is 2.60. The highest BCUT2D eigenvalue weighted by Gasteiger charge is 2.23. The molecule has 9 heteroatoms. The van der Waals surface area contributed by atoms with Crippen LogP contribution < -0.4 is 21.2 Å². The Hall–Kier alpha value is -2.01. The molecule has 28 heavy (non-hydrogen) atoms. The van der Waals surface area contributed by atoms with Gasteiger partial charge in [-0.05, 0) is 78.0 Å². The van der Waals surface area contributed by atoms with Gasteiger partial charge in [0.1, 0.15) is 0 Å². The van der Waals surface area contributed by atoms with Crippen LogP contribution in [-0.4, -0.2) is 20.9 Å². The second-order valence-electron chi connectivity index (χ2n) is 6.47. The molecule has 2 aromatic rings. The molecule has 0 saturated heterocycles. The highest BCUT2D eigenvalue weighted by atomic mass is 32.1. The Morgan fingerprint density at radius 3 is 2.07 bits per heavy atom. The summed E-state index contributed by atoms with van der Waals surface area (Å²) in [5.41, 5.74) is 2.59. The zero-order chi connectivity index (χ0) is 20.8. The van der Waals surface area contributed by atoms with Crippen molar-refractivity contribution in [3.05, 3.63) is 53.1 Å². The van der Waals surface area contributed by atoms with Crippen molar-refractivity contribution in [3.63, 3.8) is 0 Å². The molecule has 0 aliphatic heterocycles. The molecule has 4 N–H and O–H groups in total. The van der Waals surface area contributed by atoms with Crippen molar-refractivity contribution < 1.29 is 18.9 Å². The molecule has 6 nitrogen and oxygen atoms in total. The zero-order valence-corrected chi connectivity index (χ0v) is 18.3. The van der Waals surface area contributed by atoms with Crippen LogP contribution in [0.1, 0.15) is 30.5 Å². The topological polar surface area (TPSA) is 98.7 Å². The highest BCUT2D eigenvalue weighted by Crippen LogP contribution is 2.23. The van der Waals surface area contributed by atoms with Crippen LogP contribution in [0.5, 0.6) is 0 Å². The van der Waals surface area contributed by atoms with Gasteiger partial charge in [0.2, 0.25) is 10.6 Å². The Balaban J connectivity index is 2.34. The number of hydrogen-bond donors (Lipinski definition) is 4. The van der Waals surface area contributed by atoms with Gasteiger partial charge in [0.25, 0.3) is 0 Å². The molecule has 2 aromatic carbocycles. The van der Waals surface area contributed by atoms with Crippen molar-refractivity contribution in [1.29, 1.82) is 0 Å². The molecule has 0 saturated carbocycles. The SMILES string of the molecule is Cc1ccc(/C=C/c2ccc(NC(=S)NC(C)C)cc2[P+](=O)O)c([P+](=O)O)c1. The van der Waals surface area contributed by atoms with Gasteiger partial charge in [-0.15, -0.1) is 0 Å². The van der Waals surface area contributed by atoms with Crippen LogP contribution in [0.25, 0.3) is 12.2 Å². The molecule has 0 aliphatic rings. The van der Waals surface area contributed by atoms with Crippen molar-refractivity contribution in [2.75, 3.05) is 5.32 Å². The first-order chi connectivity index (χ1) is 13.2. The maximum Gasteiger partial charge on any atom is 0.546 e.